The van der Waals surface area contributed by atoms with Crippen LogP contribution in [0.1, 0.15) is 45.7 Å². The summed E-state index contributed by atoms with van der Waals surface area (Å²) < 4.78 is 0. The van der Waals surface area contributed by atoms with Gasteiger partial charge >= 0.3 is 0 Å². The molecule has 0 saturated carbocycles. The lowest BCUT2D eigenvalue weighted by atomic mass is 10.2. The van der Waals surface area contributed by atoms with Crippen LogP contribution < -0.4 is 10.2 Å². The molecule has 1 rings (SSSR count). The van der Waals surface area contributed by atoms with E-state index in [1.807, 2.05) is 13.0 Å². The average Bonchev–Trinajstić information content (AvgIpc) is 2.34. The van der Waals surface area contributed by atoms with Gasteiger partial charge in [-0.05, 0) is 26.7 Å². The summed E-state index contributed by atoms with van der Waals surface area (Å²) in [7, 11) is 2.05. The van der Waals surface area contributed by atoms with Gasteiger partial charge in [0.2, 0.25) is 5.95 Å². The van der Waals surface area contributed by atoms with Crippen LogP contribution in [0.3, 0.4) is 0 Å². The second-order valence-corrected chi connectivity index (χ2v) is 4.92. The Hall–Kier alpha value is -1.32. The Balaban J connectivity index is 2.79. The van der Waals surface area contributed by atoms with Crippen LogP contribution in [0.25, 0.3) is 0 Å². The fourth-order valence-electron chi connectivity index (χ4n) is 1.65. The number of anilines is 2. The second-order valence-electron chi connectivity index (χ2n) is 4.92. The molecule has 0 bridgehead atoms. The summed E-state index contributed by atoms with van der Waals surface area (Å²) >= 11 is 0. The van der Waals surface area contributed by atoms with E-state index in [0.29, 0.717) is 6.04 Å². The van der Waals surface area contributed by atoms with Crippen molar-refractivity contribution in [2.24, 2.45) is 0 Å². The van der Waals surface area contributed by atoms with Crippen LogP contribution >= 0.6 is 0 Å². The van der Waals surface area contributed by atoms with Crippen LogP contribution in [0.4, 0.5) is 11.8 Å². The van der Waals surface area contributed by atoms with E-state index in [9.17, 15) is 0 Å². The van der Waals surface area contributed by atoms with Gasteiger partial charge in [0, 0.05) is 31.4 Å². The smallest absolute Gasteiger partial charge is 0.227 e. The van der Waals surface area contributed by atoms with Gasteiger partial charge < -0.3 is 10.2 Å². The zero-order chi connectivity index (χ0) is 13.5. The summed E-state index contributed by atoms with van der Waals surface area (Å²) in [5.74, 6) is 1.74. The highest BCUT2D eigenvalue weighted by Gasteiger charge is 2.08. The van der Waals surface area contributed by atoms with Crippen LogP contribution in [0.5, 0.6) is 0 Å². The minimum Gasteiger partial charge on any atom is -0.367 e. The number of nitrogens with one attached hydrogen (secondary N) is 1. The van der Waals surface area contributed by atoms with Crippen molar-refractivity contribution in [3.05, 3.63) is 11.8 Å². The van der Waals surface area contributed by atoms with Crippen molar-refractivity contribution in [2.45, 2.75) is 53.0 Å². The maximum absolute atomic E-state index is 4.58. The third-order valence-corrected chi connectivity index (χ3v) is 3.04. The summed E-state index contributed by atoms with van der Waals surface area (Å²) in [5.41, 5.74) is 1.01. The van der Waals surface area contributed by atoms with Gasteiger partial charge in [-0.15, -0.1) is 0 Å². The third kappa shape index (κ3) is 4.51. The van der Waals surface area contributed by atoms with E-state index in [0.717, 1.165) is 30.4 Å². The molecule has 1 heterocycles. The van der Waals surface area contributed by atoms with Gasteiger partial charge in [-0.25, -0.2) is 4.98 Å². The zero-order valence-electron chi connectivity index (χ0n) is 12.3. The summed E-state index contributed by atoms with van der Waals surface area (Å²) in [5, 5.41) is 3.41. The minimum atomic E-state index is 0.438. The number of aromatic nitrogens is 2. The van der Waals surface area contributed by atoms with E-state index < -0.39 is 0 Å². The number of unbranched alkanes of at least 4 members (excludes halogenated alkanes) is 1. The van der Waals surface area contributed by atoms with Gasteiger partial charge in [-0.3, -0.25) is 0 Å². The maximum atomic E-state index is 4.58. The van der Waals surface area contributed by atoms with Crippen LogP contribution in [0.2, 0.25) is 0 Å². The Morgan fingerprint density at radius 2 is 2.06 bits per heavy atom. The number of nitrogens with zero attached hydrogens (tertiary/aromatic N) is 3. The quantitative estimate of drug-likeness (QED) is 0.806. The largest absolute Gasteiger partial charge is 0.367 e. The average molecular weight is 250 g/mol. The SMILES string of the molecule is CCCCN(C)c1nc(C)cc(NC(C)CC)n1. The van der Waals surface area contributed by atoms with Crippen molar-refractivity contribution in [1.82, 2.24) is 9.97 Å². The molecule has 1 aromatic rings. The monoisotopic (exact) mass is 250 g/mol. The van der Waals surface area contributed by atoms with E-state index >= 15 is 0 Å². The first-order valence-corrected chi connectivity index (χ1v) is 6.90. The van der Waals surface area contributed by atoms with Crippen molar-refractivity contribution in [2.75, 3.05) is 23.8 Å². The minimum absolute atomic E-state index is 0.438. The lowest BCUT2D eigenvalue weighted by Crippen LogP contribution is -2.22. The van der Waals surface area contributed by atoms with Crippen LogP contribution in [-0.4, -0.2) is 29.6 Å². The second kappa shape index (κ2) is 7.19. The van der Waals surface area contributed by atoms with E-state index in [1.165, 1.54) is 12.8 Å². The number of aryl methyl sites for hydroxylation is 1. The Bertz CT molecular complexity index is 365. The van der Waals surface area contributed by atoms with Crippen molar-refractivity contribution < 1.29 is 0 Å². The molecular formula is C14H26N4. The topological polar surface area (TPSA) is 41.1 Å². The summed E-state index contributed by atoms with van der Waals surface area (Å²) in [6, 6.07) is 2.44. The number of hydrogen-bond donors (Lipinski definition) is 1. The normalized spacial score (nSPS) is 12.3. The molecule has 0 saturated heterocycles. The molecule has 4 nitrogen and oxygen atoms in total. The highest BCUT2D eigenvalue weighted by molar-refractivity contribution is 5.43. The first kappa shape index (κ1) is 14.7. The van der Waals surface area contributed by atoms with Gasteiger partial charge in [0.25, 0.3) is 0 Å². The Labute approximate surface area is 111 Å². The molecule has 0 aliphatic carbocycles. The molecule has 1 N–H and O–H groups in total. The van der Waals surface area contributed by atoms with Crippen LogP contribution in [-0.2, 0) is 0 Å². The van der Waals surface area contributed by atoms with Crippen molar-refractivity contribution in [1.29, 1.82) is 0 Å². The molecule has 102 valence electrons. The standard InChI is InChI=1S/C14H26N4/c1-6-8-9-18(5)14-16-12(4)10-13(17-14)15-11(3)7-2/h10-11H,6-9H2,1-5H3,(H,15,16,17). The molecule has 0 amide bonds. The fraction of sp³-hybridized carbons (Fsp3) is 0.714. The van der Waals surface area contributed by atoms with E-state index in [2.05, 4.69) is 48.0 Å². The highest BCUT2D eigenvalue weighted by Crippen LogP contribution is 2.14. The zero-order valence-corrected chi connectivity index (χ0v) is 12.3. The first-order chi connectivity index (χ1) is 8.56. The summed E-state index contributed by atoms with van der Waals surface area (Å²) in [4.78, 5) is 11.2. The molecule has 1 atom stereocenters. The van der Waals surface area contributed by atoms with E-state index in [1.54, 1.807) is 0 Å². The molecule has 0 radical (unpaired) electrons. The molecular weight excluding hydrogens is 224 g/mol. The molecule has 18 heavy (non-hydrogen) atoms. The lowest BCUT2D eigenvalue weighted by Gasteiger charge is -2.19. The molecule has 0 spiro atoms. The molecule has 0 aromatic carbocycles. The molecule has 0 aliphatic heterocycles. The van der Waals surface area contributed by atoms with Gasteiger partial charge in [0.15, 0.2) is 0 Å². The van der Waals surface area contributed by atoms with Crippen LogP contribution in [0, 0.1) is 6.92 Å². The van der Waals surface area contributed by atoms with Crippen molar-refractivity contribution in [3.8, 4) is 0 Å². The van der Waals surface area contributed by atoms with Crippen molar-refractivity contribution >= 4 is 11.8 Å². The Morgan fingerprint density at radius 3 is 2.67 bits per heavy atom. The first-order valence-electron chi connectivity index (χ1n) is 6.90. The Morgan fingerprint density at radius 1 is 1.33 bits per heavy atom. The summed E-state index contributed by atoms with van der Waals surface area (Å²) in [6.07, 6.45) is 3.44. The van der Waals surface area contributed by atoms with Crippen molar-refractivity contribution in [3.63, 3.8) is 0 Å². The van der Waals surface area contributed by atoms with Gasteiger partial charge in [0.05, 0.1) is 0 Å². The number of rotatable bonds is 7. The Kier molecular flexibility index (Phi) is 5.89. The predicted molar refractivity (Wildman–Crippen MR) is 78.3 cm³/mol. The molecule has 1 unspecified atom stereocenters. The number of hydrogen-bond acceptors (Lipinski definition) is 4. The van der Waals surface area contributed by atoms with Crippen LogP contribution in [0.15, 0.2) is 6.07 Å². The molecule has 0 aliphatic rings. The molecule has 1 aromatic heterocycles. The maximum Gasteiger partial charge on any atom is 0.227 e. The van der Waals surface area contributed by atoms with E-state index in [4.69, 9.17) is 0 Å². The third-order valence-electron chi connectivity index (χ3n) is 3.04. The van der Waals surface area contributed by atoms with Gasteiger partial charge in [-0.2, -0.15) is 4.98 Å². The predicted octanol–water partition coefficient (Wildman–Crippen LogP) is 3.23. The molecule has 4 heteroatoms. The lowest BCUT2D eigenvalue weighted by molar-refractivity contribution is 0.740. The molecule has 0 fully saturated rings. The highest BCUT2D eigenvalue weighted by atomic mass is 15.2. The van der Waals surface area contributed by atoms with Gasteiger partial charge in [-0.1, -0.05) is 20.3 Å². The summed E-state index contributed by atoms with van der Waals surface area (Å²) in [6.45, 7) is 9.54. The van der Waals surface area contributed by atoms with Gasteiger partial charge in [0.1, 0.15) is 5.82 Å². The van der Waals surface area contributed by atoms with E-state index in [-0.39, 0.29) is 0 Å². The fourth-order valence-corrected chi connectivity index (χ4v) is 1.65.